The molecular weight excluding hydrogens is 452 g/mol. The molecule has 1 heterocycles. The van der Waals surface area contributed by atoms with Crippen molar-refractivity contribution in [2.75, 3.05) is 7.11 Å². The van der Waals surface area contributed by atoms with Crippen molar-refractivity contribution >= 4 is 29.3 Å². The van der Waals surface area contributed by atoms with Gasteiger partial charge in [-0.05, 0) is 53.8 Å². The molecule has 2 unspecified atom stereocenters. The Morgan fingerprint density at radius 3 is 2.32 bits per heavy atom. The third-order valence-electron chi connectivity index (χ3n) is 5.75. The summed E-state index contributed by atoms with van der Waals surface area (Å²) in [5.41, 5.74) is 3.19. The van der Waals surface area contributed by atoms with Gasteiger partial charge in [0, 0.05) is 10.7 Å². The van der Waals surface area contributed by atoms with Crippen molar-refractivity contribution in [3.63, 3.8) is 0 Å². The summed E-state index contributed by atoms with van der Waals surface area (Å²) in [7, 11) is 1.62. The molecule has 0 saturated carbocycles. The van der Waals surface area contributed by atoms with Crippen LogP contribution in [0.15, 0.2) is 83.9 Å². The number of urea groups is 1. The van der Waals surface area contributed by atoms with E-state index in [-0.39, 0.29) is 6.61 Å². The monoisotopic (exact) mass is 476 g/mol. The molecule has 0 aromatic heterocycles. The summed E-state index contributed by atoms with van der Waals surface area (Å²) in [5, 5.41) is 3.41. The van der Waals surface area contributed by atoms with Crippen LogP contribution < -0.4 is 10.1 Å². The number of carbonyl (C=O) groups is 2. The predicted molar refractivity (Wildman–Crippen MR) is 131 cm³/mol. The fourth-order valence-electron chi connectivity index (χ4n) is 3.95. The normalized spacial score (nSPS) is 17.5. The van der Waals surface area contributed by atoms with Gasteiger partial charge in [0.1, 0.15) is 18.3 Å². The average Bonchev–Trinajstić information content (AvgIpc) is 2.87. The Labute approximate surface area is 203 Å². The van der Waals surface area contributed by atoms with Crippen LogP contribution in [-0.2, 0) is 22.6 Å². The molecule has 6 nitrogen and oxygen atoms in total. The third-order valence-corrected chi connectivity index (χ3v) is 6.00. The summed E-state index contributed by atoms with van der Waals surface area (Å²) < 4.78 is 10.9. The highest BCUT2D eigenvalue weighted by molar-refractivity contribution is 6.30. The Hall–Kier alpha value is -3.64. The first-order valence-corrected chi connectivity index (χ1v) is 11.4. The minimum Gasteiger partial charge on any atom is -0.497 e. The second-order valence-electron chi connectivity index (χ2n) is 8.00. The van der Waals surface area contributed by atoms with E-state index in [1.165, 1.54) is 0 Å². The molecule has 1 aliphatic rings. The number of rotatable bonds is 8. The highest BCUT2D eigenvalue weighted by atomic mass is 35.5. The summed E-state index contributed by atoms with van der Waals surface area (Å²) >= 11 is 6.05. The van der Waals surface area contributed by atoms with E-state index in [9.17, 15) is 9.59 Å². The molecule has 2 atom stereocenters. The highest BCUT2D eigenvalue weighted by Gasteiger charge is 2.39. The second-order valence-corrected chi connectivity index (χ2v) is 8.44. The first-order chi connectivity index (χ1) is 16.5. The van der Waals surface area contributed by atoms with E-state index in [0.29, 0.717) is 23.6 Å². The molecule has 7 heteroatoms. The number of hydrogen-bond donors (Lipinski definition) is 1. The first kappa shape index (κ1) is 23.5. The van der Waals surface area contributed by atoms with Gasteiger partial charge in [-0.3, -0.25) is 4.79 Å². The molecular formula is C27H25ClN2O4. The van der Waals surface area contributed by atoms with Gasteiger partial charge in [0.2, 0.25) is 0 Å². The molecule has 2 amide bonds. The van der Waals surface area contributed by atoms with Crippen molar-refractivity contribution in [1.29, 1.82) is 0 Å². The van der Waals surface area contributed by atoms with Gasteiger partial charge in [0.25, 0.3) is 0 Å². The zero-order valence-corrected chi connectivity index (χ0v) is 19.5. The van der Waals surface area contributed by atoms with E-state index in [4.69, 9.17) is 21.1 Å². The summed E-state index contributed by atoms with van der Waals surface area (Å²) in [5.74, 6) is -0.415. The molecule has 1 aliphatic heterocycles. The molecule has 0 aliphatic carbocycles. The summed E-state index contributed by atoms with van der Waals surface area (Å²) in [6.07, 6.45) is 1.06. The number of methoxy groups -OCH3 is 1. The lowest BCUT2D eigenvalue weighted by atomic mass is 9.85. The highest BCUT2D eigenvalue weighted by Crippen LogP contribution is 2.31. The average molecular weight is 477 g/mol. The molecule has 0 fully saturated rings. The van der Waals surface area contributed by atoms with Crippen molar-refractivity contribution in [2.45, 2.75) is 25.5 Å². The van der Waals surface area contributed by atoms with Crippen molar-refractivity contribution in [3.05, 3.63) is 101 Å². The van der Waals surface area contributed by atoms with Crippen LogP contribution in [0.4, 0.5) is 4.79 Å². The molecule has 0 bridgehead atoms. The topological polar surface area (TPSA) is 77.0 Å². The smallest absolute Gasteiger partial charge is 0.341 e. The summed E-state index contributed by atoms with van der Waals surface area (Å²) in [4.78, 5) is 30.0. The number of amides is 2. The van der Waals surface area contributed by atoms with Gasteiger partial charge in [-0.1, -0.05) is 66.2 Å². The Bertz CT molecular complexity index is 1160. The number of hydrogen-bond acceptors (Lipinski definition) is 4. The Morgan fingerprint density at radius 2 is 1.65 bits per heavy atom. The van der Waals surface area contributed by atoms with Crippen molar-refractivity contribution < 1.29 is 19.1 Å². The van der Waals surface area contributed by atoms with Gasteiger partial charge in [0.15, 0.2) is 0 Å². The van der Waals surface area contributed by atoms with Crippen LogP contribution in [0.2, 0.25) is 5.02 Å². The molecule has 0 saturated heterocycles. The quantitative estimate of drug-likeness (QED) is 0.432. The van der Waals surface area contributed by atoms with E-state index in [0.717, 1.165) is 22.4 Å². The van der Waals surface area contributed by atoms with Gasteiger partial charge in [-0.15, -0.1) is 0 Å². The lowest BCUT2D eigenvalue weighted by Crippen LogP contribution is -2.45. The maximum atomic E-state index is 13.3. The maximum absolute atomic E-state index is 13.3. The van der Waals surface area contributed by atoms with E-state index >= 15 is 0 Å². The van der Waals surface area contributed by atoms with Gasteiger partial charge >= 0.3 is 12.0 Å². The number of nitrogens with one attached hydrogen (secondary N) is 1. The summed E-state index contributed by atoms with van der Waals surface area (Å²) in [6.45, 7) is 0.142. The zero-order chi connectivity index (χ0) is 23.9. The largest absolute Gasteiger partial charge is 0.497 e. The molecule has 0 radical (unpaired) electrons. The molecule has 34 heavy (non-hydrogen) atoms. The Balaban J connectivity index is 1.58. The van der Waals surface area contributed by atoms with Crippen LogP contribution >= 0.6 is 11.6 Å². The molecule has 3 aromatic carbocycles. The number of nitrogens with zero attached hydrogens (tertiary/aromatic N) is 1. The summed E-state index contributed by atoms with van der Waals surface area (Å²) in [6, 6.07) is 23.2. The van der Waals surface area contributed by atoms with Crippen molar-refractivity contribution in [3.8, 4) is 5.75 Å². The van der Waals surface area contributed by atoms with Crippen molar-refractivity contribution in [2.24, 2.45) is 10.9 Å². The number of benzene rings is 3. The Morgan fingerprint density at radius 1 is 0.941 bits per heavy atom. The third kappa shape index (κ3) is 5.83. The fourth-order valence-corrected chi connectivity index (χ4v) is 4.08. The van der Waals surface area contributed by atoms with Gasteiger partial charge in [0.05, 0.1) is 13.2 Å². The number of esters is 1. The van der Waals surface area contributed by atoms with E-state index < -0.39 is 24.0 Å². The van der Waals surface area contributed by atoms with E-state index in [1.54, 1.807) is 31.4 Å². The number of ether oxygens (including phenoxy) is 2. The van der Waals surface area contributed by atoms with Gasteiger partial charge in [-0.2, -0.15) is 0 Å². The zero-order valence-electron chi connectivity index (χ0n) is 18.7. The Kier molecular flexibility index (Phi) is 7.60. The van der Waals surface area contributed by atoms with Crippen molar-refractivity contribution in [1.82, 2.24) is 5.32 Å². The number of halogens is 1. The molecule has 174 valence electrons. The van der Waals surface area contributed by atoms with Crippen LogP contribution in [0.1, 0.15) is 29.2 Å². The molecule has 1 N–H and O–H groups in total. The van der Waals surface area contributed by atoms with Crippen LogP contribution in [0.25, 0.3) is 0 Å². The molecule has 3 aromatic rings. The maximum Gasteiger partial charge on any atom is 0.341 e. The van der Waals surface area contributed by atoms with E-state index in [2.05, 4.69) is 10.3 Å². The first-order valence-electron chi connectivity index (χ1n) is 11.0. The van der Waals surface area contributed by atoms with Crippen LogP contribution in [0.5, 0.6) is 5.75 Å². The number of aliphatic imine (C=N–C) groups is 1. The minimum atomic E-state index is -0.749. The van der Waals surface area contributed by atoms with E-state index in [1.807, 2.05) is 54.6 Å². The van der Waals surface area contributed by atoms with Gasteiger partial charge < -0.3 is 14.8 Å². The molecule has 0 spiro atoms. The SMILES string of the molecule is COc1ccc(CCC2=NC(=O)NC(c3ccc(Cl)cc3)C2C(=O)OCc2ccccc2)cc1. The minimum absolute atomic E-state index is 0.142. The fraction of sp³-hybridized carbons (Fsp3) is 0.222. The number of carbonyl (C=O) groups excluding carboxylic acids is 2. The lowest BCUT2D eigenvalue weighted by Gasteiger charge is -2.31. The lowest BCUT2D eigenvalue weighted by molar-refractivity contribution is -0.148. The standard InChI is InChI=1S/C27H25ClN2O4/c1-33-22-14-7-18(8-15-22)9-16-23-24(26(31)34-17-19-5-3-2-4-6-19)25(30-27(32)29-23)20-10-12-21(28)13-11-20/h2-8,10-15,24-25H,9,16-17H2,1H3,(H,30,32). The van der Waals surface area contributed by atoms with Crippen LogP contribution in [0, 0.1) is 5.92 Å². The van der Waals surface area contributed by atoms with Crippen LogP contribution in [0.3, 0.4) is 0 Å². The predicted octanol–water partition coefficient (Wildman–Crippen LogP) is 5.55. The number of aryl methyl sites for hydroxylation is 1. The van der Waals surface area contributed by atoms with Gasteiger partial charge in [-0.25, -0.2) is 9.79 Å². The second kappa shape index (κ2) is 11.0. The van der Waals surface area contributed by atoms with Crippen LogP contribution in [-0.4, -0.2) is 24.8 Å². The molecule has 4 rings (SSSR count).